The van der Waals surface area contributed by atoms with Crippen LogP contribution in [0.25, 0.3) is 0 Å². The Balaban J connectivity index is 2.34. The molecule has 2 rings (SSSR count). The van der Waals surface area contributed by atoms with Gasteiger partial charge in [0.25, 0.3) is 5.91 Å². The average molecular weight is 432 g/mol. The third kappa shape index (κ3) is 5.82. The van der Waals surface area contributed by atoms with Crippen molar-refractivity contribution in [3.05, 3.63) is 59.2 Å². The van der Waals surface area contributed by atoms with Gasteiger partial charge in [-0.3, -0.25) is 13.9 Å². The summed E-state index contributed by atoms with van der Waals surface area (Å²) < 4.78 is 26.2. The second kappa shape index (κ2) is 9.75. The van der Waals surface area contributed by atoms with Crippen LogP contribution in [0.3, 0.4) is 0 Å². The minimum absolute atomic E-state index is 0.297. The molecule has 0 saturated carbocycles. The minimum Gasteiger partial charge on any atom is -0.352 e. The molecule has 0 saturated heterocycles. The van der Waals surface area contributed by atoms with Gasteiger partial charge in [-0.1, -0.05) is 25.1 Å². The average Bonchev–Trinajstić information content (AvgIpc) is 2.64. The van der Waals surface area contributed by atoms with E-state index in [-0.39, 0.29) is 5.91 Å². The zero-order valence-corrected chi connectivity index (χ0v) is 18.8. The molecule has 2 aromatic rings. The Kier molecular flexibility index (Phi) is 7.61. The number of hydrogen-bond acceptors (Lipinski definition) is 4. The van der Waals surface area contributed by atoms with Gasteiger partial charge in [0.2, 0.25) is 15.9 Å². The van der Waals surface area contributed by atoms with E-state index in [1.807, 2.05) is 26.8 Å². The number of para-hydroxylation sites is 1. The van der Waals surface area contributed by atoms with E-state index < -0.39 is 22.0 Å². The highest BCUT2D eigenvalue weighted by molar-refractivity contribution is 7.92. The molecule has 0 spiro atoms. The highest BCUT2D eigenvalue weighted by Gasteiger charge is 2.30. The maximum Gasteiger partial charge on any atom is 0.253 e. The van der Waals surface area contributed by atoms with Gasteiger partial charge >= 0.3 is 0 Å². The van der Waals surface area contributed by atoms with Gasteiger partial charge in [0, 0.05) is 6.54 Å². The largest absolute Gasteiger partial charge is 0.352 e. The maximum absolute atomic E-state index is 13.0. The van der Waals surface area contributed by atoms with Crippen LogP contribution in [0, 0.1) is 13.8 Å². The van der Waals surface area contributed by atoms with Crippen LogP contribution in [0.2, 0.25) is 0 Å². The molecule has 2 aromatic carbocycles. The third-order valence-electron chi connectivity index (χ3n) is 4.51. The number of nitrogens with zero attached hydrogens (tertiary/aromatic N) is 1. The summed E-state index contributed by atoms with van der Waals surface area (Å²) in [6.07, 6.45) is 1.86. The summed E-state index contributed by atoms with van der Waals surface area (Å²) in [7, 11) is -3.73. The highest BCUT2D eigenvalue weighted by atomic mass is 32.2. The molecule has 0 bridgehead atoms. The van der Waals surface area contributed by atoms with Crippen molar-refractivity contribution in [1.82, 2.24) is 5.32 Å². The van der Waals surface area contributed by atoms with Crippen molar-refractivity contribution >= 4 is 33.2 Å². The van der Waals surface area contributed by atoms with Crippen LogP contribution in [0.5, 0.6) is 0 Å². The van der Waals surface area contributed by atoms with Crippen molar-refractivity contribution < 1.29 is 18.0 Å². The smallest absolute Gasteiger partial charge is 0.253 e. The van der Waals surface area contributed by atoms with Crippen LogP contribution < -0.4 is 14.9 Å². The van der Waals surface area contributed by atoms with Gasteiger partial charge in [-0.05, 0) is 62.6 Å². The van der Waals surface area contributed by atoms with E-state index in [2.05, 4.69) is 10.6 Å². The summed E-state index contributed by atoms with van der Waals surface area (Å²) in [5, 5.41) is 5.49. The number of anilines is 2. The van der Waals surface area contributed by atoms with E-state index in [0.717, 1.165) is 28.1 Å². The molecular weight excluding hydrogens is 402 g/mol. The zero-order chi connectivity index (χ0) is 22.5. The van der Waals surface area contributed by atoms with E-state index in [0.29, 0.717) is 23.5 Å². The molecule has 0 aliphatic carbocycles. The Bertz CT molecular complexity index is 1010. The zero-order valence-electron chi connectivity index (χ0n) is 18.0. The van der Waals surface area contributed by atoms with Gasteiger partial charge in [0.1, 0.15) is 6.04 Å². The lowest BCUT2D eigenvalue weighted by molar-refractivity contribution is -0.116. The fraction of sp³-hybridized carbons (Fsp3) is 0.364. The van der Waals surface area contributed by atoms with E-state index >= 15 is 0 Å². The molecule has 0 radical (unpaired) electrons. The monoisotopic (exact) mass is 431 g/mol. The van der Waals surface area contributed by atoms with Crippen LogP contribution in [-0.2, 0) is 14.8 Å². The standard InChI is InChI=1S/C22H29N3O4S/c1-6-11-23-22(27)19-9-7-8-10-20(19)24-21(26)17(4)25(30(5,28)29)18-13-15(2)12-16(3)14-18/h7-10,12-14,17H,6,11H2,1-5H3,(H,23,27)(H,24,26)/t17-/m0/s1. The third-order valence-corrected chi connectivity index (χ3v) is 5.76. The van der Waals surface area contributed by atoms with Gasteiger partial charge in [0.05, 0.1) is 23.2 Å². The molecule has 8 heteroatoms. The molecule has 0 aliphatic rings. The molecule has 0 unspecified atom stereocenters. The number of benzene rings is 2. The number of hydrogen-bond donors (Lipinski definition) is 2. The van der Waals surface area contributed by atoms with Crippen molar-refractivity contribution in [2.24, 2.45) is 0 Å². The Morgan fingerprint density at radius 3 is 2.23 bits per heavy atom. The van der Waals surface area contributed by atoms with Gasteiger partial charge in [-0.2, -0.15) is 0 Å². The second-order valence-corrected chi connectivity index (χ2v) is 9.23. The Morgan fingerprint density at radius 1 is 1.07 bits per heavy atom. The molecule has 0 aromatic heterocycles. The van der Waals surface area contributed by atoms with Crippen molar-refractivity contribution in [2.75, 3.05) is 22.4 Å². The van der Waals surface area contributed by atoms with Crippen LogP contribution in [0.15, 0.2) is 42.5 Å². The summed E-state index contributed by atoms with van der Waals surface area (Å²) in [6.45, 7) is 7.72. The molecule has 1 atom stereocenters. The van der Waals surface area contributed by atoms with Crippen molar-refractivity contribution in [1.29, 1.82) is 0 Å². The van der Waals surface area contributed by atoms with Crippen LogP contribution in [0.4, 0.5) is 11.4 Å². The summed E-state index contributed by atoms with van der Waals surface area (Å²) in [5.74, 6) is -0.829. The van der Waals surface area contributed by atoms with E-state index in [1.54, 1.807) is 36.4 Å². The predicted molar refractivity (Wildman–Crippen MR) is 120 cm³/mol. The van der Waals surface area contributed by atoms with Gasteiger partial charge < -0.3 is 10.6 Å². The summed E-state index contributed by atoms with van der Waals surface area (Å²) >= 11 is 0. The first kappa shape index (κ1) is 23.4. The molecule has 2 N–H and O–H groups in total. The molecule has 0 fully saturated rings. The number of rotatable bonds is 8. The predicted octanol–water partition coefficient (Wildman–Crippen LogP) is 3.24. The number of nitrogens with one attached hydrogen (secondary N) is 2. The van der Waals surface area contributed by atoms with Crippen LogP contribution in [-0.4, -0.2) is 39.1 Å². The number of sulfonamides is 1. The van der Waals surface area contributed by atoms with Gasteiger partial charge in [-0.15, -0.1) is 0 Å². The van der Waals surface area contributed by atoms with Crippen LogP contribution >= 0.6 is 0 Å². The van der Waals surface area contributed by atoms with E-state index in [4.69, 9.17) is 0 Å². The summed E-state index contributed by atoms with van der Waals surface area (Å²) in [4.78, 5) is 25.4. The molecule has 30 heavy (non-hydrogen) atoms. The lowest BCUT2D eigenvalue weighted by Gasteiger charge is -2.29. The lowest BCUT2D eigenvalue weighted by atomic mass is 10.1. The summed E-state index contributed by atoms with van der Waals surface area (Å²) in [5.41, 5.74) is 2.86. The number of carbonyl (C=O) groups excluding carboxylic acids is 2. The van der Waals surface area contributed by atoms with Crippen molar-refractivity contribution in [3.63, 3.8) is 0 Å². The summed E-state index contributed by atoms with van der Waals surface area (Å²) in [6, 6.07) is 11.0. The Morgan fingerprint density at radius 2 is 1.67 bits per heavy atom. The van der Waals surface area contributed by atoms with Gasteiger partial charge in [0.15, 0.2) is 0 Å². The SMILES string of the molecule is CCCNC(=O)c1ccccc1NC(=O)[C@H](C)N(c1cc(C)cc(C)c1)S(C)(=O)=O. The second-order valence-electron chi connectivity index (χ2n) is 7.37. The first-order chi connectivity index (χ1) is 14.0. The fourth-order valence-corrected chi connectivity index (χ4v) is 4.41. The number of amides is 2. The molecule has 0 aliphatic heterocycles. The van der Waals surface area contributed by atoms with Crippen molar-refractivity contribution in [3.8, 4) is 0 Å². The first-order valence-electron chi connectivity index (χ1n) is 9.80. The molecule has 7 nitrogen and oxygen atoms in total. The molecular formula is C22H29N3O4S. The normalized spacial score (nSPS) is 12.2. The Labute approximate surface area is 178 Å². The maximum atomic E-state index is 13.0. The molecule has 162 valence electrons. The van der Waals surface area contributed by atoms with E-state index in [9.17, 15) is 18.0 Å². The minimum atomic E-state index is -3.73. The fourth-order valence-electron chi connectivity index (χ4n) is 3.25. The number of aryl methyl sites for hydroxylation is 2. The van der Waals surface area contributed by atoms with E-state index in [1.165, 1.54) is 6.92 Å². The number of carbonyl (C=O) groups is 2. The molecule has 0 heterocycles. The molecule has 2 amide bonds. The lowest BCUT2D eigenvalue weighted by Crippen LogP contribution is -2.45. The topological polar surface area (TPSA) is 95.6 Å². The Hall–Kier alpha value is -2.87. The first-order valence-corrected chi connectivity index (χ1v) is 11.6. The highest BCUT2D eigenvalue weighted by Crippen LogP contribution is 2.25. The quantitative estimate of drug-likeness (QED) is 0.671. The van der Waals surface area contributed by atoms with Crippen LogP contribution in [0.1, 0.15) is 41.8 Å². The van der Waals surface area contributed by atoms with Crippen molar-refractivity contribution in [2.45, 2.75) is 40.2 Å². The van der Waals surface area contributed by atoms with Gasteiger partial charge in [-0.25, -0.2) is 8.42 Å².